The summed E-state index contributed by atoms with van der Waals surface area (Å²) in [6.45, 7) is 3.97. The van der Waals surface area contributed by atoms with E-state index in [1.807, 2.05) is 55.5 Å². The molecule has 32 heavy (non-hydrogen) atoms. The van der Waals surface area contributed by atoms with E-state index in [-0.39, 0.29) is 5.78 Å². The maximum Gasteiger partial charge on any atom is 0.232 e. The smallest absolute Gasteiger partial charge is 0.232 e. The Balaban J connectivity index is 1.37. The zero-order valence-corrected chi connectivity index (χ0v) is 18.3. The molecule has 0 fully saturated rings. The summed E-state index contributed by atoms with van der Waals surface area (Å²) in [7, 11) is 1.67. The zero-order valence-electron chi connectivity index (χ0n) is 18.3. The number of methoxy groups -OCH3 is 1. The molecule has 3 aromatic carbocycles. The third-order valence-electron chi connectivity index (χ3n) is 5.96. The SMILES string of the molecule is COc1ccc(CCN2COc3cc(C)c4c(c3C2)O/C(=C/c2ccccc2)C4=O)cc1. The molecular weight excluding hydrogens is 402 g/mol. The third kappa shape index (κ3) is 3.87. The molecule has 0 saturated heterocycles. The molecule has 5 heteroatoms. The van der Waals surface area contributed by atoms with Crippen molar-refractivity contribution in [3.05, 3.63) is 94.2 Å². The van der Waals surface area contributed by atoms with Crippen molar-refractivity contribution in [2.75, 3.05) is 20.4 Å². The van der Waals surface area contributed by atoms with Gasteiger partial charge in [-0.2, -0.15) is 0 Å². The van der Waals surface area contributed by atoms with Crippen molar-refractivity contribution in [1.29, 1.82) is 0 Å². The number of ether oxygens (including phenoxy) is 3. The van der Waals surface area contributed by atoms with Crippen molar-refractivity contribution < 1.29 is 19.0 Å². The molecule has 0 unspecified atom stereocenters. The minimum Gasteiger partial charge on any atom is -0.497 e. The van der Waals surface area contributed by atoms with Gasteiger partial charge >= 0.3 is 0 Å². The van der Waals surface area contributed by atoms with Crippen molar-refractivity contribution in [1.82, 2.24) is 4.90 Å². The molecule has 0 radical (unpaired) electrons. The van der Waals surface area contributed by atoms with E-state index in [4.69, 9.17) is 14.2 Å². The molecule has 0 spiro atoms. The molecule has 5 nitrogen and oxygen atoms in total. The van der Waals surface area contributed by atoms with E-state index in [0.29, 0.717) is 30.3 Å². The van der Waals surface area contributed by atoms with Crippen LogP contribution < -0.4 is 14.2 Å². The van der Waals surface area contributed by atoms with Crippen molar-refractivity contribution in [3.63, 3.8) is 0 Å². The van der Waals surface area contributed by atoms with Gasteiger partial charge in [0.15, 0.2) is 5.76 Å². The number of carbonyl (C=O) groups excluding carboxylic acids is 1. The molecule has 0 aliphatic carbocycles. The van der Waals surface area contributed by atoms with Gasteiger partial charge in [-0.1, -0.05) is 42.5 Å². The number of carbonyl (C=O) groups is 1. The summed E-state index contributed by atoms with van der Waals surface area (Å²) in [5, 5.41) is 0. The number of hydrogen-bond donors (Lipinski definition) is 0. The van der Waals surface area contributed by atoms with Gasteiger partial charge in [-0.05, 0) is 54.3 Å². The Morgan fingerprint density at radius 1 is 1.09 bits per heavy atom. The maximum atomic E-state index is 13.1. The topological polar surface area (TPSA) is 48.0 Å². The van der Waals surface area contributed by atoms with Gasteiger partial charge < -0.3 is 14.2 Å². The van der Waals surface area contributed by atoms with Gasteiger partial charge in [0.05, 0.1) is 18.2 Å². The van der Waals surface area contributed by atoms with Gasteiger partial charge in [0, 0.05) is 13.1 Å². The lowest BCUT2D eigenvalue weighted by Gasteiger charge is -2.30. The van der Waals surface area contributed by atoms with E-state index in [2.05, 4.69) is 17.0 Å². The molecule has 0 atom stereocenters. The summed E-state index contributed by atoms with van der Waals surface area (Å²) in [5.41, 5.74) is 4.65. The lowest BCUT2D eigenvalue weighted by Crippen LogP contribution is -2.33. The van der Waals surface area contributed by atoms with E-state index < -0.39 is 0 Å². The third-order valence-corrected chi connectivity index (χ3v) is 5.96. The number of fused-ring (bicyclic) bond motifs is 3. The predicted octanol–water partition coefficient (Wildman–Crippen LogP) is 5.01. The Kier molecular flexibility index (Phi) is 5.41. The summed E-state index contributed by atoms with van der Waals surface area (Å²) < 4.78 is 17.4. The Bertz CT molecular complexity index is 1180. The van der Waals surface area contributed by atoms with E-state index in [0.717, 1.165) is 41.2 Å². The van der Waals surface area contributed by atoms with Gasteiger partial charge in [0.2, 0.25) is 5.78 Å². The van der Waals surface area contributed by atoms with Crippen molar-refractivity contribution in [2.45, 2.75) is 19.9 Å². The Morgan fingerprint density at radius 2 is 1.88 bits per heavy atom. The number of rotatable bonds is 5. The summed E-state index contributed by atoms with van der Waals surface area (Å²) in [4.78, 5) is 15.3. The molecule has 2 heterocycles. The second-order valence-corrected chi connectivity index (χ2v) is 8.15. The fraction of sp³-hybridized carbons (Fsp3) is 0.222. The van der Waals surface area contributed by atoms with Crippen LogP contribution in [0.2, 0.25) is 0 Å². The summed E-state index contributed by atoms with van der Waals surface area (Å²) in [6, 6.07) is 19.8. The highest BCUT2D eigenvalue weighted by Crippen LogP contribution is 2.44. The van der Waals surface area contributed by atoms with Gasteiger partial charge in [-0.25, -0.2) is 0 Å². The van der Waals surface area contributed by atoms with Crippen LogP contribution in [0.5, 0.6) is 17.2 Å². The van der Waals surface area contributed by atoms with Gasteiger partial charge in [-0.3, -0.25) is 9.69 Å². The van der Waals surface area contributed by atoms with Crippen LogP contribution in [-0.4, -0.2) is 31.1 Å². The van der Waals surface area contributed by atoms with Crippen LogP contribution in [-0.2, 0) is 13.0 Å². The highest BCUT2D eigenvalue weighted by Gasteiger charge is 2.35. The zero-order chi connectivity index (χ0) is 22.1. The second-order valence-electron chi connectivity index (χ2n) is 8.15. The first kappa shape index (κ1) is 20.3. The molecule has 162 valence electrons. The quantitative estimate of drug-likeness (QED) is 0.536. The average molecular weight is 428 g/mol. The van der Waals surface area contributed by atoms with Gasteiger partial charge in [-0.15, -0.1) is 0 Å². The molecule has 0 bridgehead atoms. The molecule has 0 saturated carbocycles. The Labute approximate surface area is 187 Å². The Hall–Kier alpha value is -3.57. The van der Waals surface area contributed by atoms with Gasteiger partial charge in [0.25, 0.3) is 0 Å². The standard InChI is InChI=1S/C27H25NO4/c1-18-14-23-22(16-28(17-31-23)13-12-19-8-10-21(30-2)11-9-19)27-25(18)26(29)24(32-27)15-20-6-4-3-5-7-20/h3-11,14-15H,12-13,16-17H2,1-2H3/b24-15+. The lowest BCUT2D eigenvalue weighted by atomic mass is 9.98. The second kappa shape index (κ2) is 8.52. The number of aryl methyl sites for hydroxylation is 1. The minimum absolute atomic E-state index is 0.0699. The van der Waals surface area contributed by atoms with Crippen molar-refractivity contribution in [3.8, 4) is 17.2 Å². The summed E-state index contributed by atoms with van der Waals surface area (Å²) >= 11 is 0. The number of benzene rings is 3. The van der Waals surface area contributed by atoms with Crippen LogP contribution in [0.1, 0.15) is 32.6 Å². The number of hydrogen-bond acceptors (Lipinski definition) is 5. The van der Waals surface area contributed by atoms with E-state index >= 15 is 0 Å². The summed E-state index contributed by atoms with van der Waals surface area (Å²) in [5.74, 6) is 2.59. The predicted molar refractivity (Wildman–Crippen MR) is 123 cm³/mol. The first-order valence-electron chi connectivity index (χ1n) is 10.8. The van der Waals surface area contributed by atoms with Crippen LogP contribution in [0, 0.1) is 6.92 Å². The molecule has 2 aliphatic heterocycles. The molecular formula is C27H25NO4. The minimum atomic E-state index is -0.0699. The number of Topliss-reactive ketones (excluding diaryl/α,β-unsaturated/α-hetero) is 1. The largest absolute Gasteiger partial charge is 0.497 e. The fourth-order valence-corrected chi connectivity index (χ4v) is 4.20. The normalized spacial score (nSPS) is 16.3. The molecule has 2 aliphatic rings. The van der Waals surface area contributed by atoms with Crippen LogP contribution >= 0.6 is 0 Å². The number of ketones is 1. The first-order valence-corrected chi connectivity index (χ1v) is 10.8. The molecule has 0 aromatic heterocycles. The van der Waals surface area contributed by atoms with Crippen LogP contribution in [0.4, 0.5) is 0 Å². The number of allylic oxidation sites excluding steroid dienone is 1. The average Bonchev–Trinajstić information content (AvgIpc) is 3.15. The van der Waals surface area contributed by atoms with Crippen molar-refractivity contribution >= 4 is 11.9 Å². The van der Waals surface area contributed by atoms with Crippen LogP contribution in [0.3, 0.4) is 0 Å². The molecule has 5 rings (SSSR count). The van der Waals surface area contributed by atoms with Crippen LogP contribution in [0.15, 0.2) is 66.4 Å². The van der Waals surface area contributed by atoms with Crippen molar-refractivity contribution in [2.24, 2.45) is 0 Å². The molecule has 0 amide bonds. The van der Waals surface area contributed by atoms with E-state index in [9.17, 15) is 4.79 Å². The monoisotopic (exact) mass is 427 g/mol. The first-order chi connectivity index (χ1) is 15.6. The Morgan fingerprint density at radius 3 is 2.62 bits per heavy atom. The highest BCUT2D eigenvalue weighted by atomic mass is 16.5. The molecule has 3 aromatic rings. The molecule has 0 N–H and O–H groups in total. The highest BCUT2D eigenvalue weighted by molar-refractivity contribution is 6.15. The lowest BCUT2D eigenvalue weighted by molar-refractivity contribution is 0.0949. The van der Waals surface area contributed by atoms with Gasteiger partial charge in [0.1, 0.15) is 24.0 Å². The number of nitrogens with zero attached hydrogens (tertiary/aromatic N) is 1. The van der Waals surface area contributed by atoms with E-state index in [1.54, 1.807) is 13.2 Å². The summed E-state index contributed by atoms with van der Waals surface area (Å²) in [6.07, 6.45) is 2.70. The van der Waals surface area contributed by atoms with Crippen LogP contribution in [0.25, 0.3) is 6.08 Å². The van der Waals surface area contributed by atoms with E-state index in [1.165, 1.54) is 5.56 Å². The fourth-order valence-electron chi connectivity index (χ4n) is 4.20. The maximum absolute atomic E-state index is 13.1.